The average Bonchev–Trinajstić information content (AvgIpc) is 3.00. The fourth-order valence-electron chi connectivity index (χ4n) is 4.04. The first-order valence-corrected chi connectivity index (χ1v) is 10.5. The number of aryl methyl sites for hydroxylation is 3. The van der Waals surface area contributed by atoms with Crippen LogP contribution in [-0.2, 0) is 13.5 Å². The van der Waals surface area contributed by atoms with Crippen LogP contribution in [0.1, 0.15) is 74.9 Å². The molecule has 3 rings (SSSR count). The first kappa shape index (κ1) is 20.5. The Balaban J connectivity index is 2.17. The molecule has 150 valence electrons. The van der Waals surface area contributed by atoms with Gasteiger partial charge in [0.25, 0.3) is 0 Å². The molecule has 0 saturated heterocycles. The summed E-state index contributed by atoms with van der Waals surface area (Å²) in [7, 11) is 2.04. The van der Waals surface area contributed by atoms with Crippen molar-refractivity contribution in [2.24, 2.45) is 7.05 Å². The van der Waals surface area contributed by atoms with Crippen molar-refractivity contribution in [1.82, 2.24) is 14.5 Å². The SMILES string of the molecule is CCC[C@H](CO)c1cn(C)c2nc(-c3ccc(C(C)C)nc3CC)c(C)cc12. The number of pyridine rings is 2. The minimum absolute atomic E-state index is 0.166. The molecule has 0 spiro atoms. The van der Waals surface area contributed by atoms with E-state index in [9.17, 15) is 5.11 Å². The first-order valence-electron chi connectivity index (χ1n) is 10.5. The molecule has 0 aliphatic rings. The van der Waals surface area contributed by atoms with Gasteiger partial charge in [-0.05, 0) is 55.0 Å². The Morgan fingerprint density at radius 3 is 2.50 bits per heavy atom. The lowest BCUT2D eigenvalue weighted by Gasteiger charge is -2.15. The molecule has 0 unspecified atom stereocenters. The summed E-state index contributed by atoms with van der Waals surface area (Å²) in [6.45, 7) is 11.0. The normalized spacial score (nSPS) is 12.9. The molecule has 0 amide bonds. The largest absolute Gasteiger partial charge is 0.396 e. The van der Waals surface area contributed by atoms with Gasteiger partial charge in [0.15, 0.2) is 0 Å². The molecule has 3 aromatic heterocycles. The summed E-state index contributed by atoms with van der Waals surface area (Å²) in [5, 5.41) is 11.0. The van der Waals surface area contributed by atoms with E-state index in [4.69, 9.17) is 9.97 Å². The molecule has 0 aliphatic heterocycles. The van der Waals surface area contributed by atoms with Crippen LogP contribution >= 0.6 is 0 Å². The predicted molar refractivity (Wildman–Crippen MR) is 117 cm³/mol. The molecule has 0 bridgehead atoms. The maximum Gasteiger partial charge on any atom is 0.140 e. The topological polar surface area (TPSA) is 50.9 Å². The quantitative estimate of drug-likeness (QED) is 0.589. The predicted octanol–water partition coefficient (Wildman–Crippen LogP) is 5.51. The Morgan fingerprint density at radius 2 is 1.89 bits per heavy atom. The molecule has 28 heavy (non-hydrogen) atoms. The van der Waals surface area contributed by atoms with Crippen molar-refractivity contribution in [2.45, 2.75) is 65.7 Å². The van der Waals surface area contributed by atoms with Crippen LogP contribution in [0.15, 0.2) is 24.4 Å². The van der Waals surface area contributed by atoms with Gasteiger partial charge in [-0.1, -0.05) is 34.1 Å². The van der Waals surface area contributed by atoms with Gasteiger partial charge in [-0.3, -0.25) is 4.98 Å². The van der Waals surface area contributed by atoms with E-state index in [1.54, 1.807) is 0 Å². The van der Waals surface area contributed by atoms with Gasteiger partial charge in [0.2, 0.25) is 0 Å². The van der Waals surface area contributed by atoms with Crippen molar-refractivity contribution in [3.8, 4) is 11.3 Å². The molecule has 4 nitrogen and oxygen atoms in total. The summed E-state index contributed by atoms with van der Waals surface area (Å²) in [5.74, 6) is 0.583. The molecule has 0 saturated carbocycles. The first-order chi connectivity index (χ1) is 13.4. The van der Waals surface area contributed by atoms with Crippen LogP contribution < -0.4 is 0 Å². The third-order valence-corrected chi connectivity index (χ3v) is 5.65. The zero-order valence-electron chi connectivity index (χ0n) is 18.1. The third kappa shape index (κ3) is 3.70. The van der Waals surface area contributed by atoms with Crippen molar-refractivity contribution >= 4 is 11.0 Å². The standard InChI is InChI=1S/C24H33N3O/c1-7-9-17(14-28)20-13-27(6)24-19(20)12-16(5)23(26-24)18-10-11-22(15(3)4)25-21(18)8-2/h10-13,15,17,28H,7-9,14H2,1-6H3/t17-/m1/s1. The number of rotatable bonds is 7. The van der Waals surface area contributed by atoms with Crippen molar-refractivity contribution in [3.05, 3.63) is 46.9 Å². The van der Waals surface area contributed by atoms with Gasteiger partial charge >= 0.3 is 0 Å². The Bertz CT molecular complexity index is 972. The van der Waals surface area contributed by atoms with Crippen LogP contribution in [0.3, 0.4) is 0 Å². The number of nitrogens with zero attached hydrogens (tertiary/aromatic N) is 3. The second-order valence-corrected chi connectivity index (χ2v) is 8.13. The van der Waals surface area contributed by atoms with Crippen molar-refractivity contribution in [1.29, 1.82) is 0 Å². The Hall–Kier alpha value is -2.20. The maximum absolute atomic E-state index is 9.88. The molecule has 0 aromatic carbocycles. The van der Waals surface area contributed by atoms with Crippen molar-refractivity contribution in [3.63, 3.8) is 0 Å². The minimum atomic E-state index is 0.166. The zero-order chi connectivity index (χ0) is 20.4. The lowest BCUT2D eigenvalue weighted by atomic mass is 9.94. The van der Waals surface area contributed by atoms with Gasteiger partial charge < -0.3 is 9.67 Å². The Kier molecular flexibility index (Phi) is 6.19. The molecular formula is C24H33N3O. The van der Waals surface area contributed by atoms with E-state index in [1.807, 2.05) is 7.05 Å². The molecule has 3 heterocycles. The van der Waals surface area contributed by atoms with E-state index >= 15 is 0 Å². The Labute approximate surface area is 168 Å². The van der Waals surface area contributed by atoms with Gasteiger partial charge in [-0.25, -0.2) is 4.98 Å². The third-order valence-electron chi connectivity index (χ3n) is 5.65. The molecule has 1 atom stereocenters. The van der Waals surface area contributed by atoms with Crippen LogP contribution in [0.5, 0.6) is 0 Å². The van der Waals surface area contributed by atoms with E-state index in [2.05, 4.69) is 63.6 Å². The van der Waals surface area contributed by atoms with Crippen LogP contribution in [0.25, 0.3) is 22.3 Å². The van der Waals surface area contributed by atoms with Crippen molar-refractivity contribution < 1.29 is 5.11 Å². The summed E-state index contributed by atoms with van der Waals surface area (Å²) in [6, 6.07) is 6.55. The average molecular weight is 380 g/mol. The second-order valence-electron chi connectivity index (χ2n) is 8.13. The highest BCUT2D eigenvalue weighted by atomic mass is 16.3. The van der Waals surface area contributed by atoms with Gasteiger partial charge in [0.05, 0.1) is 12.3 Å². The van der Waals surface area contributed by atoms with Crippen molar-refractivity contribution in [2.75, 3.05) is 6.61 Å². The Morgan fingerprint density at radius 1 is 1.14 bits per heavy atom. The smallest absolute Gasteiger partial charge is 0.140 e. The van der Waals surface area contributed by atoms with Crippen LogP contribution in [0.2, 0.25) is 0 Å². The van der Waals surface area contributed by atoms with Crippen LogP contribution in [0, 0.1) is 6.92 Å². The molecule has 3 aromatic rings. The molecular weight excluding hydrogens is 346 g/mol. The number of hydrogen-bond acceptors (Lipinski definition) is 3. The molecule has 0 radical (unpaired) electrons. The fraction of sp³-hybridized carbons (Fsp3) is 0.500. The highest BCUT2D eigenvalue weighted by Crippen LogP contribution is 2.34. The number of hydrogen-bond donors (Lipinski definition) is 1. The maximum atomic E-state index is 9.88. The van der Waals surface area contributed by atoms with Crippen LogP contribution in [-0.4, -0.2) is 26.2 Å². The summed E-state index contributed by atoms with van der Waals surface area (Å²) in [5.41, 5.74) is 7.70. The molecule has 0 aliphatic carbocycles. The number of aliphatic hydroxyl groups is 1. The van der Waals surface area contributed by atoms with E-state index in [0.717, 1.165) is 58.5 Å². The summed E-state index contributed by atoms with van der Waals surface area (Å²) in [6.07, 6.45) is 5.06. The highest BCUT2D eigenvalue weighted by Gasteiger charge is 2.20. The van der Waals surface area contributed by atoms with Gasteiger partial charge in [-0.2, -0.15) is 0 Å². The molecule has 0 fully saturated rings. The van der Waals surface area contributed by atoms with Gasteiger partial charge in [0, 0.05) is 41.5 Å². The van der Waals surface area contributed by atoms with E-state index in [0.29, 0.717) is 5.92 Å². The van der Waals surface area contributed by atoms with E-state index in [-0.39, 0.29) is 12.5 Å². The van der Waals surface area contributed by atoms with Gasteiger partial charge in [0.1, 0.15) is 5.65 Å². The molecule has 4 heteroatoms. The zero-order valence-corrected chi connectivity index (χ0v) is 18.1. The minimum Gasteiger partial charge on any atom is -0.396 e. The highest BCUT2D eigenvalue weighted by molar-refractivity contribution is 5.85. The number of fused-ring (bicyclic) bond motifs is 1. The fourth-order valence-corrected chi connectivity index (χ4v) is 4.04. The lowest BCUT2D eigenvalue weighted by Crippen LogP contribution is -2.03. The summed E-state index contributed by atoms with van der Waals surface area (Å²) < 4.78 is 2.09. The number of aliphatic hydroxyl groups excluding tert-OH is 1. The lowest BCUT2D eigenvalue weighted by molar-refractivity contribution is 0.259. The second kappa shape index (κ2) is 8.44. The van der Waals surface area contributed by atoms with Crippen LogP contribution in [0.4, 0.5) is 0 Å². The van der Waals surface area contributed by atoms with Gasteiger partial charge in [-0.15, -0.1) is 0 Å². The monoisotopic (exact) mass is 379 g/mol. The number of aromatic nitrogens is 3. The summed E-state index contributed by atoms with van der Waals surface area (Å²) >= 11 is 0. The van der Waals surface area contributed by atoms with E-state index < -0.39 is 0 Å². The summed E-state index contributed by atoms with van der Waals surface area (Å²) in [4.78, 5) is 9.97. The molecule has 1 N–H and O–H groups in total. The van der Waals surface area contributed by atoms with E-state index in [1.165, 1.54) is 5.56 Å².